The first-order valence-corrected chi connectivity index (χ1v) is 9.81. The zero-order valence-corrected chi connectivity index (χ0v) is 19.2. The summed E-state index contributed by atoms with van der Waals surface area (Å²) in [7, 11) is 3.28. The van der Waals surface area contributed by atoms with Crippen molar-refractivity contribution in [1.82, 2.24) is 15.1 Å². The molecular weight excluding hydrogens is 443 g/mol. The average Bonchev–Trinajstić information content (AvgIpc) is 2.99. The average molecular weight is 480 g/mol. The molecule has 0 bridgehead atoms. The lowest BCUT2D eigenvalue weighted by molar-refractivity contribution is -0.145. The highest BCUT2D eigenvalue weighted by atomic mass is 127. The number of likely N-dealkylation sites (tertiary alicyclic amines) is 2. The second-order valence-electron chi connectivity index (χ2n) is 7.74. The minimum absolute atomic E-state index is 0. The SMILES string of the molecule is CN=C(NCCCCN1CCCC(C)C1)N1CC(C)C(C(=O)OC)C1.I. The fourth-order valence-electron chi connectivity index (χ4n) is 4.08. The van der Waals surface area contributed by atoms with Crippen LogP contribution in [0.15, 0.2) is 4.99 Å². The van der Waals surface area contributed by atoms with Crippen molar-refractivity contribution in [2.24, 2.45) is 22.7 Å². The first kappa shape index (κ1) is 23.5. The Morgan fingerprint density at radius 3 is 2.65 bits per heavy atom. The molecule has 0 aromatic rings. The minimum atomic E-state index is -0.110. The number of hydrogen-bond acceptors (Lipinski definition) is 4. The first-order valence-electron chi connectivity index (χ1n) is 9.81. The van der Waals surface area contributed by atoms with Gasteiger partial charge in [-0.15, -0.1) is 24.0 Å². The molecule has 2 saturated heterocycles. The lowest BCUT2D eigenvalue weighted by atomic mass is 9.99. The summed E-state index contributed by atoms with van der Waals surface area (Å²) in [5.74, 6) is 1.90. The molecule has 3 atom stereocenters. The van der Waals surface area contributed by atoms with Crippen LogP contribution in [0.5, 0.6) is 0 Å². The summed E-state index contributed by atoms with van der Waals surface area (Å²) in [6.07, 6.45) is 5.10. The summed E-state index contributed by atoms with van der Waals surface area (Å²) in [6, 6.07) is 0. The van der Waals surface area contributed by atoms with Crippen LogP contribution >= 0.6 is 24.0 Å². The standard InChI is InChI=1S/C19H36N4O2.HI/c1-15-8-7-11-22(12-15)10-6-5-9-21-19(20-3)23-13-16(2)17(14-23)18(24)25-4;/h15-17H,5-14H2,1-4H3,(H,20,21);1H. The molecule has 2 heterocycles. The number of guanidine groups is 1. The molecule has 2 aliphatic rings. The number of nitrogens with zero attached hydrogens (tertiary/aromatic N) is 3. The molecule has 0 spiro atoms. The van der Waals surface area contributed by atoms with Crippen LogP contribution in [0.1, 0.15) is 39.5 Å². The van der Waals surface area contributed by atoms with E-state index in [4.69, 9.17) is 4.74 Å². The van der Waals surface area contributed by atoms with Crippen LogP contribution in [0.3, 0.4) is 0 Å². The Kier molecular flexibility index (Phi) is 10.8. The maximum Gasteiger partial charge on any atom is 0.310 e. The molecule has 7 heteroatoms. The molecule has 6 nitrogen and oxygen atoms in total. The van der Waals surface area contributed by atoms with Crippen molar-refractivity contribution in [2.45, 2.75) is 39.5 Å². The highest BCUT2D eigenvalue weighted by Gasteiger charge is 2.36. The molecule has 2 rings (SSSR count). The largest absolute Gasteiger partial charge is 0.469 e. The van der Waals surface area contributed by atoms with Crippen molar-refractivity contribution in [3.8, 4) is 0 Å². The molecule has 0 aliphatic carbocycles. The summed E-state index contributed by atoms with van der Waals surface area (Å²) in [5, 5.41) is 3.46. The topological polar surface area (TPSA) is 57.2 Å². The molecule has 3 unspecified atom stereocenters. The molecule has 0 aromatic heterocycles. The molecular formula is C19H37IN4O2. The van der Waals surface area contributed by atoms with E-state index in [9.17, 15) is 4.79 Å². The maximum atomic E-state index is 11.8. The quantitative estimate of drug-likeness (QED) is 0.208. The Morgan fingerprint density at radius 1 is 1.23 bits per heavy atom. The normalized spacial score (nSPS) is 27.2. The fourth-order valence-corrected chi connectivity index (χ4v) is 4.08. The monoisotopic (exact) mass is 480 g/mol. The zero-order valence-electron chi connectivity index (χ0n) is 16.9. The Morgan fingerprint density at radius 2 is 2.00 bits per heavy atom. The van der Waals surface area contributed by atoms with Crippen LogP contribution in [0, 0.1) is 17.8 Å². The van der Waals surface area contributed by atoms with Gasteiger partial charge in [-0.1, -0.05) is 13.8 Å². The predicted octanol–water partition coefficient (Wildman–Crippen LogP) is 2.43. The second-order valence-corrected chi connectivity index (χ2v) is 7.74. The van der Waals surface area contributed by atoms with Gasteiger partial charge in [0.05, 0.1) is 13.0 Å². The van der Waals surface area contributed by atoms with E-state index >= 15 is 0 Å². The van der Waals surface area contributed by atoms with E-state index in [0.29, 0.717) is 12.5 Å². The molecule has 0 aromatic carbocycles. The number of halogens is 1. The highest BCUT2D eigenvalue weighted by molar-refractivity contribution is 14.0. The Bertz CT molecular complexity index is 461. The number of methoxy groups -OCH3 is 1. The number of ether oxygens (including phenoxy) is 1. The van der Waals surface area contributed by atoms with Gasteiger partial charge in [-0.25, -0.2) is 0 Å². The van der Waals surface area contributed by atoms with E-state index in [2.05, 4.69) is 34.0 Å². The van der Waals surface area contributed by atoms with E-state index in [1.165, 1.54) is 46.0 Å². The molecule has 0 saturated carbocycles. The Hall–Kier alpha value is -0.570. The number of carbonyl (C=O) groups excluding carboxylic acids is 1. The van der Waals surface area contributed by atoms with Crippen molar-refractivity contribution in [1.29, 1.82) is 0 Å². The van der Waals surface area contributed by atoms with Crippen LogP contribution in [0.25, 0.3) is 0 Å². The van der Waals surface area contributed by atoms with Gasteiger partial charge >= 0.3 is 5.97 Å². The number of piperidine rings is 1. The van der Waals surface area contributed by atoms with Gasteiger partial charge in [0.1, 0.15) is 0 Å². The van der Waals surface area contributed by atoms with Gasteiger partial charge in [-0.05, 0) is 50.6 Å². The molecule has 1 N–H and O–H groups in total. The van der Waals surface area contributed by atoms with Gasteiger partial charge in [0.2, 0.25) is 0 Å². The third-order valence-corrected chi connectivity index (χ3v) is 5.55. The number of aliphatic imine (C=N–C) groups is 1. The third kappa shape index (κ3) is 6.87. The first-order chi connectivity index (χ1) is 12.0. The van der Waals surface area contributed by atoms with Crippen LogP contribution < -0.4 is 5.32 Å². The number of carbonyl (C=O) groups is 1. The second kappa shape index (κ2) is 12.0. The number of unbranched alkanes of at least 4 members (excludes halogenated alkanes) is 1. The van der Waals surface area contributed by atoms with E-state index in [-0.39, 0.29) is 35.9 Å². The van der Waals surface area contributed by atoms with E-state index in [0.717, 1.165) is 31.4 Å². The van der Waals surface area contributed by atoms with Crippen LogP contribution in [-0.4, -0.2) is 75.2 Å². The van der Waals surface area contributed by atoms with Gasteiger partial charge in [0, 0.05) is 33.2 Å². The number of esters is 1. The predicted molar refractivity (Wildman–Crippen MR) is 117 cm³/mol. The number of nitrogens with one attached hydrogen (secondary N) is 1. The molecule has 26 heavy (non-hydrogen) atoms. The van der Waals surface area contributed by atoms with Crippen molar-refractivity contribution >= 4 is 35.9 Å². The molecule has 2 fully saturated rings. The van der Waals surface area contributed by atoms with Gasteiger partial charge in [-0.2, -0.15) is 0 Å². The van der Waals surface area contributed by atoms with Crippen molar-refractivity contribution in [3.05, 3.63) is 0 Å². The van der Waals surface area contributed by atoms with E-state index < -0.39 is 0 Å². The van der Waals surface area contributed by atoms with E-state index in [1.54, 1.807) is 0 Å². The Balaban J connectivity index is 0.00000338. The summed E-state index contributed by atoms with van der Waals surface area (Å²) < 4.78 is 4.91. The van der Waals surface area contributed by atoms with E-state index in [1.807, 2.05) is 7.05 Å². The van der Waals surface area contributed by atoms with Crippen LogP contribution in [0.2, 0.25) is 0 Å². The molecule has 0 radical (unpaired) electrons. The van der Waals surface area contributed by atoms with Gasteiger partial charge in [-0.3, -0.25) is 9.79 Å². The summed E-state index contributed by atoms with van der Waals surface area (Å²) in [6.45, 7) is 10.7. The minimum Gasteiger partial charge on any atom is -0.469 e. The number of hydrogen-bond donors (Lipinski definition) is 1. The summed E-state index contributed by atoms with van der Waals surface area (Å²) in [5.41, 5.74) is 0. The molecule has 152 valence electrons. The number of rotatable bonds is 6. The van der Waals surface area contributed by atoms with Gasteiger partial charge < -0.3 is 19.9 Å². The van der Waals surface area contributed by atoms with Gasteiger partial charge in [0.25, 0.3) is 0 Å². The third-order valence-electron chi connectivity index (χ3n) is 5.55. The molecule has 2 aliphatic heterocycles. The smallest absolute Gasteiger partial charge is 0.310 e. The fraction of sp³-hybridized carbons (Fsp3) is 0.895. The van der Waals surface area contributed by atoms with Crippen LogP contribution in [-0.2, 0) is 9.53 Å². The van der Waals surface area contributed by atoms with Gasteiger partial charge in [0.15, 0.2) is 5.96 Å². The molecule has 0 amide bonds. The zero-order chi connectivity index (χ0) is 18.2. The summed E-state index contributed by atoms with van der Waals surface area (Å²) in [4.78, 5) is 21.0. The van der Waals surface area contributed by atoms with Crippen molar-refractivity contribution in [3.63, 3.8) is 0 Å². The lowest BCUT2D eigenvalue weighted by Crippen LogP contribution is -2.41. The van der Waals surface area contributed by atoms with Crippen molar-refractivity contribution in [2.75, 3.05) is 53.4 Å². The maximum absolute atomic E-state index is 11.8. The Labute approximate surface area is 176 Å². The highest BCUT2D eigenvalue weighted by Crippen LogP contribution is 2.24. The van der Waals surface area contributed by atoms with Crippen molar-refractivity contribution < 1.29 is 9.53 Å². The summed E-state index contributed by atoms with van der Waals surface area (Å²) >= 11 is 0. The lowest BCUT2D eigenvalue weighted by Gasteiger charge is -2.30. The van der Waals surface area contributed by atoms with Crippen LogP contribution in [0.4, 0.5) is 0 Å².